The maximum absolute atomic E-state index is 13.2. The van der Waals surface area contributed by atoms with Crippen LogP contribution in [0.4, 0.5) is 4.39 Å². The third-order valence-electron chi connectivity index (χ3n) is 2.97. The lowest BCUT2D eigenvalue weighted by atomic mass is 9.94. The van der Waals surface area contributed by atoms with Crippen LogP contribution in [0.1, 0.15) is 17.0 Å². The fourth-order valence-corrected chi connectivity index (χ4v) is 3.42. The monoisotopic (exact) mass is 448 g/mol. The molecule has 2 rings (SSSR count). The molecule has 0 heterocycles. The lowest BCUT2D eigenvalue weighted by molar-refractivity contribution is 0.619. The molecule has 0 aromatic heterocycles. The Balaban J connectivity index is 2.21. The summed E-state index contributed by atoms with van der Waals surface area (Å²) in [5.74, 6) is 0.149. The van der Waals surface area contributed by atoms with Crippen LogP contribution in [-0.4, -0.2) is 5.33 Å². The Morgan fingerprint density at radius 1 is 1.05 bits per heavy atom. The van der Waals surface area contributed by atoms with Crippen molar-refractivity contribution in [3.63, 3.8) is 0 Å². The highest BCUT2D eigenvalue weighted by atomic mass is 79.9. The smallest absolute Gasteiger partial charge is 0.137 e. The number of rotatable bonds is 4. The highest BCUT2D eigenvalue weighted by molar-refractivity contribution is 9.10. The minimum atomic E-state index is -0.221. The van der Waals surface area contributed by atoms with Gasteiger partial charge in [-0.15, -0.1) is 0 Å². The summed E-state index contributed by atoms with van der Waals surface area (Å²) in [4.78, 5) is 0. The molecule has 4 heteroatoms. The van der Waals surface area contributed by atoms with Gasteiger partial charge in [-0.25, -0.2) is 4.39 Å². The SMILES string of the molecule is Fc1ccc(CC(CBr)c2cccc(Br)c2)cc1Br. The van der Waals surface area contributed by atoms with Gasteiger partial charge in [-0.1, -0.05) is 50.1 Å². The van der Waals surface area contributed by atoms with Crippen LogP contribution in [0.3, 0.4) is 0 Å². The molecule has 0 aliphatic carbocycles. The predicted octanol–water partition coefficient (Wildman–Crippen LogP) is 6.07. The lowest BCUT2D eigenvalue weighted by Crippen LogP contribution is -2.04. The second kappa shape index (κ2) is 7.00. The summed E-state index contributed by atoms with van der Waals surface area (Å²) in [6.45, 7) is 0. The van der Waals surface area contributed by atoms with Crippen molar-refractivity contribution in [2.45, 2.75) is 12.3 Å². The van der Waals surface area contributed by atoms with Gasteiger partial charge in [-0.2, -0.15) is 0 Å². The number of hydrogen-bond acceptors (Lipinski definition) is 0. The molecular formula is C15H12Br3F. The van der Waals surface area contributed by atoms with Crippen LogP contribution in [0.2, 0.25) is 0 Å². The van der Waals surface area contributed by atoms with Gasteiger partial charge in [-0.05, 0) is 63.7 Å². The quantitative estimate of drug-likeness (QED) is 0.496. The molecule has 0 N–H and O–H groups in total. The molecule has 19 heavy (non-hydrogen) atoms. The van der Waals surface area contributed by atoms with Gasteiger partial charge in [0.1, 0.15) is 5.82 Å². The van der Waals surface area contributed by atoms with E-state index in [0.29, 0.717) is 10.4 Å². The van der Waals surface area contributed by atoms with Crippen molar-refractivity contribution in [3.05, 3.63) is 68.4 Å². The molecule has 2 aromatic rings. The van der Waals surface area contributed by atoms with Crippen molar-refractivity contribution in [3.8, 4) is 0 Å². The second-order valence-corrected chi connectivity index (χ2v) is 6.78. The van der Waals surface area contributed by atoms with Crippen LogP contribution < -0.4 is 0 Å². The molecule has 0 radical (unpaired) electrons. The van der Waals surface area contributed by atoms with E-state index in [4.69, 9.17) is 0 Å². The highest BCUT2D eigenvalue weighted by Crippen LogP contribution is 2.27. The average molecular weight is 451 g/mol. The zero-order valence-electron chi connectivity index (χ0n) is 10.0. The molecule has 0 saturated heterocycles. The Morgan fingerprint density at radius 3 is 2.47 bits per heavy atom. The van der Waals surface area contributed by atoms with E-state index in [2.05, 4.69) is 59.9 Å². The fourth-order valence-electron chi connectivity index (χ4n) is 1.97. The molecule has 0 aliphatic heterocycles. The van der Waals surface area contributed by atoms with Gasteiger partial charge in [0.25, 0.3) is 0 Å². The second-order valence-electron chi connectivity index (χ2n) is 4.36. The van der Waals surface area contributed by atoms with Crippen LogP contribution >= 0.6 is 47.8 Å². The molecule has 2 aromatic carbocycles. The lowest BCUT2D eigenvalue weighted by Gasteiger charge is -2.15. The summed E-state index contributed by atoms with van der Waals surface area (Å²) in [5.41, 5.74) is 2.39. The number of hydrogen-bond donors (Lipinski definition) is 0. The summed E-state index contributed by atoms with van der Waals surface area (Å²) in [7, 11) is 0. The third-order valence-corrected chi connectivity index (χ3v) is 4.85. The van der Waals surface area contributed by atoms with E-state index < -0.39 is 0 Å². The van der Waals surface area contributed by atoms with Crippen LogP contribution in [0.5, 0.6) is 0 Å². The van der Waals surface area contributed by atoms with E-state index in [9.17, 15) is 4.39 Å². The summed E-state index contributed by atoms with van der Waals surface area (Å²) in [6, 6.07) is 13.5. The Hall–Kier alpha value is -0.190. The largest absolute Gasteiger partial charge is 0.206 e. The van der Waals surface area contributed by atoms with Crippen molar-refractivity contribution < 1.29 is 4.39 Å². The molecule has 0 bridgehead atoms. The van der Waals surface area contributed by atoms with E-state index in [1.807, 2.05) is 24.3 Å². The molecule has 1 unspecified atom stereocenters. The maximum atomic E-state index is 13.2. The van der Waals surface area contributed by atoms with Gasteiger partial charge >= 0.3 is 0 Å². The van der Waals surface area contributed by atoms with Crippen LogP contribution in [0, 0.1) is 5.82 Å². The Kier molecular flexibility index (Phi) is 5.60. The van der Waals surface area contributed by atoms with E-state index in [1.54, 1.807) is 0 Å². The van der Waals surface area contributed by atoms with E-state index in [1.165, 1.54) is 11.6 Å². The number of halogens is 4. The minimum absolute atomic E-state index is 0.221. The van der Waals surface area contributed by atoms with Crippen molar-refractivity contribution in [1.29, 1.82) is 0 Å². The van der Waals surface area contributed by atoms with Gasteiger partial charge < -0.3 is 0 Å². The summed E-state index contributed by atoms with van der Waals surface area (Å²) in [6.07, 6.45) is 0.876. The number of benzene rings is 2. The van der Waals surface area contributed by atoms with Crippen LogP contribution in [0.15, 0.2) is 51.4 Å². The number of alkyl halides is 1. The van der Waals surface area contributed by atoms with Gasteiger partial charge in [0, 0.05) is 9.80 Å². The Labute approximate surface area is 137 Å². The highest BCUT2D eigenvalue weighted by Gasteiger charge is 2.12. The van der Waals surface area contributed by atoms with Gasteiger partial charge in [0.2, 0.25) is 0 Å². The molecule has 0 spiro atoms. The van der Waals surface area contributed by atoms with Gasteiger partial charge in [-0.3, -0.25) is 0 Å². The molecule has 0 nitrogen and oxygen atoms in total. The maximum Gasteiger partial charge on any atom is 0.137 e. The third kappa shape index (κ3) is 4.14. The topological polar surface area (TPSA) is 0 Å². The molecule has 0 fully saturated rings. The Morgan fingerprint density at radius 2 is 1.84 bits per heavy atom. The minimum Gasteiger partial charge on any atom is -0.206 e. The van der Waals surface area contributed by atoms with Gasteiger partial charge in [0.05, 0.1) is 4.47 Å². The average Bonchev–Trinajstić information content (AvgIpc) is 2.40. The van der Waals surface area contributed by atoms with E-state index >= 15 is 0 Å². The molecular weight excluding hydrogens is 439 g/mol. The van der Waals surface area contributed by atoms with Crippen molar-refractivity contribution in [2.24, 2.45) is 0 Å². The van der Waals surface area contributed by atoms with E-state index in [-0.39, 0.29) is 5.82 Å². The fraction of sp³-hybridized carbons (Fsp3) is 0.200. The predicted molar refractivity (Wildman–Crippen MR) is 88.5 cm³/mol. The van der Waals surface area contributed by atoms with E-state index in [0.717, 1.165) is 21.8 Å². The molecule has 0 saturated carbocycles. The Bertz CT molecular complexity index is 569. The van der Waals surface area contributed by atoms with Crippen molar-refractivity contribution >= 4 is 47.8 Å². The van der Waals surface area contributed by atoms with Gasteiger partial charge in [0.15, 0.2) is 0 Å². The normalized spacial score (nSPS) is 12.4. The summed E-state index contributed by atoms with van der Waals surface area (Å²) >= 11 is 10.3. The van der Waals surface area contributed by atoms with Crippen LogP contribution in [0.25, 0.3) is 0 Å². The molecule has 100 valence electrons. The molecule has 0 aliphatic rings. The summed E-state index contributed by atoms with van der Waals surface area (Å²) in [5, 5.41) is 0.873. The first kappa shape index (κ1) is 15.2. The first-order valence-corrected chi connectivity index (χ1v) is 8.56. The standard InChI is InChI=1S/C15H12Br3F/c16-9-12(11-2-1-3-13(17)8-11)6-10-4-5-15(19)14(18)7-10/h1-5,7-8,12H,6,9H2. The van der Waals surface area contributed by atoms with Crippen LogP contribution in [-0.2, 0) is 6.42 Å². The van der Waals surface area contributed by atoms with Crippen molar-refractivity contribution in [1.82, 2.24) is 0 Å². The summed E-state index contributed by atoms with van der Waals surface area (Å²) < 4.78 is 14.8. The zero-order valence-corrected chi connectivity index (χ0v) is 14.8. The first-order valence-electron chi connectivity index (χ1n) is 5.85. The van der Waals surface area contributed by atoms with Crippen molar-refractivity contribution in [2.75, 3.05) is 5.33 Å². The first-order chi connectivity index (χ1) is 9.10. The molecule has 1 atom stereocenters. The zero-order chi connectivity index (χ0) is 13.8. The molecule has 0 amide bonds.